The van der Waals surface area contributed by atoms with Gasteiger partial charge in [0.05, 0.1) is 5.56 Å². The Hall–Kier alpha value is -1.82. The molecule has 0 fully saturated rings. The van der Waals surface area contributed by atoms with Gasteiger partial charge in [-0.2, -0.15) is 13.2 Å². The maximum Gasteiger partial charge on any atom is 0.416 e. The minimum Gasteiger partial charge on any atom is -0.478 e. The fourth-order valence-corrected chi connectivity index (χ4v) is 1.65. The van der Waals surface area contributed by atoms with Crippen molar-refractivity contribution in [3.8, 4) is 0 Å². The second kappa shape index (κ2) is 7.09. The molecule has 0 aliphatic heterocycles. The Balaban J connectivity index is 2.57. The van der Waals surface area contributed by atoms with Gasteiger partial charge in [0.15, 0.2) is 0 Å². The zero-order chi connectivity index (χ0) is 15.2. The summed E-state index contributed by atoms with van der Waals surface area (Å²) in [5.74, 6) is -0.978. The average molecular weight is 287 g/mol. The van der Waals surface area contributed by atoms with Gasteiger partial charge in [0.1, 0.15) is 0 Å². The molecular formula is C14H16F3NO2. The predicted octanol–water partition coefficient (Wildman–Crippen LogP) is 3.22. The topological polar surface area (TPSA) is 49.3 Å². The molecule has 0 amide bonds. The normalized spacial score (nSPS) is 12.5. The molecule has 0 heterocycles. The van der Waals surface area contributed by atoms with Crippen LogP contribution in [-0.4, -0.2) is 17.6 Å². The molecule has 0 saturated heterocycles. The van der Waals surface area contributed by atoms with Crippen molar-refractivity contribution in [2.24, 2.45) is 0 Å². The third kappa shape index (κ3) is 5.05. The van der Waals surface area contributed by atoms with Gasteiger partial charge in [0.2, 0.25) is 0 Å². The van der Waals surface area contributed by atoms with Crippen molar-refractivity contribution in [3.05, 3.63) is 47.0 Å². The Kier molecular flexibility index (Phi) is 5.76. The van der Waals surface area contributed by atoms with Crippen molar-refractivity contribution >= 4 is 5.97 Å². The van der Waals surface area contributed by atoms with Gasteiger partial charge in [-0.25, -0.2) is 4.79 Å². The van der Waals surface area contributed by atoms with Crippen molar-refractivity contribution in [2.45, 2.75) is 26.1 Å². The number of aliphatic carboxylic acids is 1. The zero-order valence-corrected chi connectivity index (χ0v) is 11.0. The molecule has 0 unspecified atom stereocenters. The minimum atomic E-state index is -4.35. The van der Waals surface area contributed by atoms with Crippen LogP contribution in [0.1, 0.15) is 24.5 Å². The molecule has 6 heteroatoms. The van der Waals surface area contributed by atoms with Gasteiger partial charge >= 0.3 is 12.1 Å². The van der Waals surface area contributed by atoms with E-state index in [0.29, 0.717) is 18.5 Å². The van der Waals surface area contributed by atoms with Crippen LogP contribution in [0.4, 0.5) is 13.2 Å². The predicted molar refractivity (Wildman–Crippen MR) is 69.2 cm³/mol. The molecule has 3 nitrogen and oxygen atoms in total. The van der Waals surface area contributed by atoms with E-state index in [9.17, 15) is 18.0 Å². The number of carboxylic acids is 1. The van der Waals surface area contributed by atoms with Crippen LogP contribution < -0.4 is 5.32 Å². The van der Waals surface area contributed by atoms with Crippen molar-refractivity contribution in [3.63, 3.8) is 0 Å². The summed E-state index contributed by atoms with van der Waals surface area (Å²) in [5.41, 5.74) is 0.0928. The van der Waals surface area contributed by atoms with Crippen molar-refractivity contribution in [1.82, 2.24) is 5.32 Å². The van der Waals surface area contributed by atoms with E-state index in [4.69, 9.17) is 5.11 Å². The van der Waals surface area contributed by atoms with E-state index >= 15 is 0 Å². The van der Waals surface area contributed by atoms with Gasteiger partial charge in [-0.15, -0.1) is 0 Å². The summed E-state index contributed by atoms with van der Waals surface area (Å²) in [7, 11) is 0. The summed E-state index contributed by atoms with van der Waals surface area (Å²) in [5, 5.41) is 11.7. The van der Waals surface area contributed by atoms with E-state index in [1.54, 1.807) is 13.0 Å². The van der Waals surface area contributed by atoms with E-state index in [1.165, 1.54) is 12.1 Å². The quantitative estimate of drug-likeness (QED) is 0.624. The third-order valence-corrected chi connectivity index (χ3v) is 2.73. The van der Waals surface area contributed by atoms with E-state index in [1.807, 2.05) is 0 Å². The van der Waals surface area contributed by atoms with Gasteiger partial charge in [0.25, 0.3) is 0 Å². The molecule has 0 aromatic heterocycles. The maximum absolute atomic E-state index is 12.5. The lowest BCUT2D eigenvalue weighted by Crippen LogP contribution is -2.15. The van der Waals surface area contributed by atoms with Crippen LogP contribution in [0.15, 0.2) is 35.9 Å². The average Bonchev–Trinajstić information content (AvgIpc) is 2.37. The number of alkyl halides is 3. The second-order valence-electron chi connectivity index (χ2n) is 4.22. The minimum absolute atomic E-state index is 0.247. The fraction of sp³-hybridized carbons (Fsp3) is 0.357. The fourth-order valence-electron chi connectivity index (χ4n) is 1.65. The first-order valence-corrected chi connectivity index (χ1v) is 6.13. The molecule has 0 atom stereocenters. The summed E-state index contributed by atoms with van der Waals surface area (Å²) in [6.45, 7) is 2.27. The molecule has 110 valence electrons. The highest BCUT2D eigenvalue weighted by atomic mass is 19.4. The number of hydrogen-bond acceptors (Lipinski definition) is 2. The van der Waals surface area contributed by atoms with Gasteiger partial charge in [-0.3, -0.25) is 0 Å². The van der Waals surface area contributed by atoms with E-state index in [0.717, 1.165) is 12.1 Å². The number of carbonyl (C=O) groups is 1. The largest absolute Gasteiger partial charge is 0.478 e. The lowest BCUT2D eigenvalue weighted by atomic mass is 10.1. The van der Waals surface area contributed by atoms with Gasteiger partial charge in [-0.05, 0) is 18.1 Å². The van der Waals surface area contributed by atoms with E-state index < -0.39 is 17.7 Å². The molecule has 1 aromatic carbocycles. The Bertz CT molecular complexity index is 495. The first-order valence-electron chi connectivity index (χ1n) is 6.13. The highest BCUT2D eigenvalue weighted by Crippen LogP contribution is 2.29. The van der Waals surface area contributed by atoms with Crippen LogP contribution in [0.2, 0.25) is 0 Å². The molecule has 0 aliphatic carbocycles. The standard InChI is InChI=1S/C14H16F3NO2/c1-2-11(13(19)20)6-7-18-9-10-4-3-5-12(8-10)14(15,16)17/h3-6,8,18H,2,7,9H2,1H3,(H,19,20)/b11-6-. The Morgan fingerprint density at radius 2 is 2.10 bits per heavy atom. The molecule has 0 bridgehead atoms. The summed E-state index contributed by atoms with van der Waals surface area (Å²) in [6.07, 6.45) is -2.43. The van der Waals surface area contributed by atoms with E-state index in [-0.39, 0.29) is 12.1 Å². The Morgan fingerprint density at radius 1 is 1.40 bits per heavy atom. The lowest BCUT2D eigenvalue weighted by molar-refractivity contribution is -0.137. The molecule has 2 N–H and O–H groups in total. The summed E-state index contributed by atoms with van der Waals surface area (Å²) >= 11 is 0. The van der Waals surface area contributed by atoms with Crippen LogP contribution in [0.5, 0.6) is 0 Å². The number of halogens is 3. The first kappa shape index (κ1) is 16.2. The summed E-state index contributed by atoms with van der Waals surface area (Å²) in [4.78, 5) is 10.7. The maximum atomic E-state index is 12.5. The first-order chi connectivity index (χ1) is 9.34. The van der Waals surface area contributed by atoms with Crippen LogP contribution in [-0.2, 0) is 17.5 Å². The van der Waals surface area contributed by atoms with Crippen molar-refractivity contribution in [2.75, 3.05) is 6.54 Å². The van der Waals surface area contributed by atoms with Crippen LogP contribution in [0.25, 0.3) is 0 Å². The summed E-state index contributed by atoms with van der Waals surface area (Å²) < 4.78 is 37.5. The molecule has 1 rings (SSSR count). The zero-order valence-electron chi connectivity index (χ0n) is 11.0. The van der Waals surface area contributed by atoms with E-state index in [2.05, 4.69) is 5.32 Å². The Labute approximate surface area is 115 Å². The molecule has 20 heavy (non-hydrogen) atoms. The molecule has 0 radical (unpaired) electrons. The molecule has 1 aromatic rings. The molecular weight excluding hydrogens is 271 g/mol. The Morgan fingerprint density at radius 3 is 2.65 bits per heavy atom. The SMILES string of the molecule is CC/C(=C/CNCc1cccc(C(F)(F)F)c1)C(=O)O. The number of benzene rings is 1. The van der Waals surface area contributed by atoms with Crippen molar-refractivity contribution in [1.29, 1.82) is 0 Å². The number of carboxylic acid groups (broad SMARTS) is 1. The lowest BCUT2D eigenvalue weighted by Gasteiger charge is -2.09. The second-order valence-corrected chi connectivity index (χ2v) is 4.22. The highest BCUT2D eigenvalue weighted by Gasteiger charge is 2.30. The highest BCUT2D eigenvalue weighted by molar-refractivity contribution is 5.86. The molecule has 0 aliphatic rings. The smallest absolute Gasteiger partial charge is 0.416 e. The van der Waals surface area contributed by atoms with Gasteiger partial charge < -0.3 is 10.4 Å². The molecule has 0 spiro atoms. The van der Waals surface area contributed by atoms with Crippen LogP contribution >= 0.6 is 0 Å². The van der Waals surface area contributed by atoms with Crippen LogP contribution in [0, 0.1) is 0 Å². The van der Waals surface area contributed by atoms with Gasteiger partial charge in [0, 0.05) is 18.7 Å². The number of nitrogens with one attached hydrogen (secondary N) is 1. The van der Waals surface area contributed by atoms with Crippen molar-refractivity contribution < 1.29 is 23.1 Å². The van der Waals surface area contributed by atoms with Gasteiger partial charge in [-0.1, -0.05) is 31.2 Å². The third-order valence-electron chi connectivity index (χ3n) is 2.73. The molecule has 0 saturated carbocycles. The van der Waals surface area contributed by atoms with Crippen LogP contribution in [0.3, 0.4) is 0 Å². The number of rotatable bonds is 6. The monoisotopic (exact) mass is 287 g/mol. The summed E-state index contributed by atoms with van der Waals surface area (Å²) in [6, 6.07) is 5.03. The number of hydrogen-bond donors (Lipinski definition) is 2.